The minimum Gasteiger partial charge on any atom is -0.481 e. The van der Waals surface area contributed by atoms with Gasteiger partial charge in [0.2, 0.25) is 23.6 Å². The fraction of sp³-hybridized carbons (Fsp3) is 0.667. The summed E-state index contributed by atoms with van der Waals surface area (Å²) in [5.41, 5.74) is 10.6. The molecule has 0 saturated carbocycles. The van der Waals surface area contributed by atoms with E-state index >= 15 is 0 Å². The number of hydrogen-bond donors (Lipinski definition) is 8. The van der Waals surface area contributed by atoms with E-state index in [2.05, 4.69) is 28.6 Å². The number of carbonyl (C=O) groups excluding carboxylic acids is 4. The van der Waals surface area contributed by atoms with Crippen molar-refractivity contribution in [3.8, 4) is 0 Å². The molecule has 0 bridgehead atoms. The number of thiol groups is 1. The average Bonchev–Trinajstić information content (AvgIpc) is 2.70. The Bertz CT molecular complexity index is 719. The molecule has 13 nitrogen and oxygen atoms in total. The van der Waals surface area contributed by atoms with Crippen LogP contribution in [0.1, 0.15) is 39.5 Å². The summed E-state index contributed by atoms with van der Waals surface area (Å²) in [7, 11) is 0. The number of hydrogen-bond acceptors (Lipinski definition) is 8. The molecule has 0 aliphatic carbocycles. The zero-order valence-corrected chi connectivity index (χ0v) is 18.8. The normalized spacial score (nSPS) is 15.4. The van der Waals surface area contributed by atoms with Crippen molar-refractivity contribution in [2.24, 2.45) is 17.4 Å². The first-order valence-corrected chi connectivity index (χ1v) is 10.5. The fourth-order valence-electron chi connectivity index (χ4n) is 2.52. The quantitative estimate of drug-likeness (QED) is 0.117. The number of nitrogens with one attached hydrogen (secondary N) is 3. The summed E-state index contributed by atoms with van der Waals surface area (Å²) in [6.07, 6.45) is -0.700. The predicted molar refractivity (Wildman–Crippen MR) is 115 cm³/mol. The van der Waals surface area contributed by atoms with Gasteiger partial charge in [-0.05, 0) is 12.3 Å². The van der Waals surface area contributed by atoms with Crippen molar-refractivity contribution >= 4 is 48.2 Å². The number of nitrogens with two attached hydrogens (primary N) is 2. The number of rotatable bonds is 15. The van der Waals surface area contributed by atoms with Crippen LogP contribution in [0.3, 0.4) is 0 Å². The van der Waals surface area contributed by atoms with E-state index in [0.717, 1.165) is 0 Å². The summed E-state index contributed by atoms with van der Waals surface area (Å²) in [4.78, 5) is 70.5. The van der Waals surface area contributed by atoms with Gasteiger partial charge >= 0.3 is 11.9 Å². The van der Waals surface area contributed by atoms with Gasteiger partial charge in [-0.2, -0.15) is 12.6 Å². The summed E-state index contributed by atoms with van der Waals surface area (Å²) in [5.74, 6) is -6.57. The van der Waals surface area contributed by atoms with E-state index in [9.17, 15) is 33.9 Å². The SMILES string of the molecule is CCC(C)C(NC(=O)C(CCC(N)=O)NC(=O)C(CS)NC(=O)C(N)CC(=O)O)C(=O)O. The van der Waals surface area contributed by atoms with Crippen molar-refractivity contribution in [3.63, 3.8) is 0 Å². The lowest BCUT2D eigenvalue weighted by Gasteiger charge is -2.26. The number of carboxylic acid groups (broad SMARTS) is 2. The van der Waals surface area contributed by atoms with E-state index in [1.54, 1.807) is 13.8 Å². The molecule has 0 radical (unpaired) electrons. The number of carbonyl (C=O) groups is 6. The minimum atomic E-state index is -1.41. The zero-order valence-electron chi connectivity index (χ0n) is 17.9. The smallest absolute Gasteiger partial charge is 0.326 e. The summed E-state index contributed by atoms with van der Waals surface area (Å²) in [6.45, 7) is 3.37. The van der Waals surface area contributed by atoms with Gasteiger partial charge in [-0.1, -0.05) is 20.3 Å². The molecule has 0 aromatic carbocycles. The zero-order chi connectivity index (χ0) is 25.0. The van der Waals surface area contributed by atoms with Gasteiger partial charge in [0.05, 0.1) is 12.5 Å². The highest BCUT2D eigenvalue weighted by Gasteiger charge is 2.31. The first kappa shape index (κ1) is 29.1. The molecule has 4 amide bonds. The van der Waals surface area contributed by atoms with Crippen LogP contribution in [-0.4, -0.2) is 75.7 Å². The van der Waals surface area contributed by atoms with E-state index < -0.39 is 72.1 Å². The van der Waals surface area contributed by atoms with Gasteiger partial charge in [0, 0.05) is 12.2 Å². The second-order valence-electron chi connectivity index (χ2n) is 7.22. The van der Waals surface area contributed by atoms with Gasteiger partial charge in [0.15, 0.2) is 0 Å². The van der Waals surface area contributed by atoms with Gasteiger partial charge < -0.3 is 37.6 Å². The lowest BCUT2D eigenvalue weighted by atomic mass is 9.98. The molecular weight excluding hydrogens is 446 g/mol. The molecule has 0 aromatic heterocycles. The van der Waals surface area contributed by atoms with Crippen molar-refractivity contribution in [2.45, 2.75) is 63.7 Å². The van der Waals surface area contributed by atoms with E-state index in [0.29, 0.717) is 6.42 Å². The Kier molecular flexibility index (Phi) is 13.0. The van der Waals surface area contributed by atoms with Crippen LogP contribution in [0.15, 0.2) is 0 Å². The standard InChI is InChI=1S/C18H31N5O8S/c1-3-8(2)14(18(30)31)23-16(28)10(4-5-12(20)24)21-17(29)11(7-32)22-15(27)9(19)6-13(25)26/h8-11,14,32H,3-7,19H2,1-2H3,(H2,20,24)(H,21,29)(H,22,27)(H,23,28)(H,25,26)(H,30,31). The Balaban J connectivity index is 5.39. The maximum atomic E-state index is 12.7. The molecule has 5 unspecified atom stereocenters. The number of carboxylic acids is 2. The van der Waals surface area contributed by atoms with Crippen LogP contribution < -0.4 is 27.4 Å². The van der Waals surface area contributed by atoms with Gasteiger partial charge in [-0.3, -0.25) is 24.0 Å². The first-order valence-electron chi connectivity index (χ1n) is 9.84. The summed E-state index contributed by atoms with van der Waals surface area (Å²) in [6, 6.07) is -5.24. The average molecular weight is 478 g/mol. The molecule has 0 aliphatic heterocycles. The molecular formula is C18H31N5O8S. The molecule has 0 aliphatic rings. The molecule has 0 rings (SSSR count). The molecule has 5 atom stereocenters. The fourth-order valence-corrected chi connectivity index (χ4v) is 2.78. The topological polar surface area (TPSA) is 231 Å². The van der Waals surface area contributed by atoms with E-state index in [4.69, 9.17) is 16.6 Å². The highest BCUT2D eigenvalue weighted by molar-refractivity contribution is 7.80. The third-order valence-electron chi connectivity index (χ3n) is 4.64. The number of aliphatic carboxylic acids is 2. The molecule has 0 fully saturated rings. The van der Waals surface area contributed by atoms with Crippen molar-refractivity contribution in [2.75, 3.05) is 5.75 Å². The highest BCUT2D eigenvalue weighted by Crippen LogP contribution is 2.09. The Hall–Kier alpha value is -2.87. The molecule has 14 heteroatoms. The molecule has 0 saturated heterocycles. The monoisotopic (exact) mass is 477 g/mol. The van der Waals surface area contributed by atoms with Crippen LogP contribution in [0.25, 0.3) is 0 Å². The van der Waals surface area contributed by atoms with Crippen LogP contribution in [0, 0.1) is 5.92 Å². The van der Waals surface area contributed by atoms with E-state index in [1.807, 2.05) is 0 Å². The van der Waals surface area contributed by atoms with Gasteiger partial charge in [-0.15, -0.1) is 0 Å². The third-order valence-corrected chi connectivity index (χ3v) is 5.00. The minimum absolute atomic E-state index is 0.216. The van der Waals surface area contributed by atoms with Crippen LogP contribution in [-0.2, 0) is 28.8 Å². The Morgan fingerprint density at radius 3 is 1.91 bits per heavy atom. The lowest BCUT2D eigenvalue weighted by molar-refractivity contribution is -0.144. The maximum absolute atomic E-state index is 12.7. The van der Waals surface area contributed by atoms with Crippen molar-refractivity contribution in [1.82, 2.24) is 16.0 Å². The summed E-state index contributed by atoms with van der Waals surface area (Å²) < 4.78 is 0. The molecule has 32 heavy (non-hydrogen) atoms. The van der Waals surface area contributed by atoms with Crippen molar-refractivity contribution < 1.29 is 39.0 Å². The van der Waals surface area contributed by atoms with Gasteiger partial charge in [0.1, 0.15) is 18.1 Å². The number of primary amides is 1. The molecule has 182 valence electrons. The lowest BCUT2D eigenvalue weighted by Crippen LogP contribution is -2.58. The predicted octanol–water partition coefficient (Wildman–Crippen LogP) is -2.43. The summed E-state index contributed by atoms with van der Waals surface area (Å²) in [5, 5.41) is 25.0. The van der Waals surface area contributed by atoms with Crippen LogP contribution >= 0.6 is 12.6 Å². The van der Waals surface area contributed by atoms with Crippen LogP contribution in [0.5, 0.6) is 0 Å². The molecule has 0 heterocycles. The largest absolute Gasteiger partial charge is 0.481 e. The molecule has 0 aromatic rings. The second kappa shape index (κ2) is 14.2. The molecule has 9 N–H and O–H groups in total. The first-order chi connectivity index (χ1) is 14.8. The maximum Gasteiger partial charge on any atom is 0.326 e. The van der Waals surface area contributed by atoms with Gasteiger partial charge in [-0.25, -0.2) is 4.79 Å². The second-order valence-corrected chi connectivity index (χ2v) is 7.59. The van der Waals surface area contributed by atoms with E-state index in [1.165, 1.54) is 0 Å². The van der Waals surface area contributed by atoms with Crippen LogP contribution in [0.2, 0.25) is 0 Å². The van der Waals surface area contributed by atoms with Gasteiger partial charge in [0.25, 0.3) is 0 Å². The third kappa shape index (κ3) is 10.4. The van der Waals surface area contributed by atoms with Crippen molar-refractivity contribution in [3.05, 3.63) is 0 Å². The summed E-state index contributed by atoms with van der Waals surface area (Å²) >= 11 is 3.96. The van der Waals surface area contributed by atoms with Crippen molar-refractivity contribution in [1.29, 1.82) is 0 Å². The Morgan fingerprint density at radius 2 is 1.47 bits per heavy atom. The Morgan fingerprint density at radius 1 is 0.938 bits per heavy atom. The van der Waals surface area contributed by atoms with E-state index in [-0.39, 0.29) is 18.6 Å². The van der Waals surface area contributed by atoms with Crippen LogP contribution in [0.4, 0.5) is 0 Å². The highest BCUT2D eigenvalue weighted by atomic mass is 32.1. The Labute approximate surface area is 190 Å². The number of amides is 4. The molecule has 0 spiro atoms.